The maximum absolute atomic E-state index is 11.6. The van der Waals surface area contributed by atoms with E-state index in [0.29, 0.717) is 12.5 Å². The normalized spacial score (nSPS) is 18.1. The SMILES string of the molecule is CCc1ncc(CN2CCC(c3ncc4c(n3)CCN(C(C)=O)C4)CC2)cn1. The van der Waals surface area contributed by atoms with Crippen LogP contribution in [-0.4, -0.2) is 55.3 Å². The molecule has 1 saturated heterocycles. The zero-order valence-corrected chi connectivity index (χ0v) is 16.8. The fraction of sp³-hybridized carbons (Fsp3) is 0.571. The van der Waals surface area contributed by atoms with Gasteiger partial charge in [0.05, 0.1) is 5.69 Å². The van der Waals surface area contributed by atoms with Gasteiger partial charge in [0.15, 0.2) is 0 Å². The van der Waals surface area contributed by atoms with E-state index in [2.05, 4.69) is 26.8 Å². The van der Waals surface area contributed by atoms with Crippen molar-refractivity contribution in [1.82, 2.24) is 29.7 Å². The quantitative estimate of drug-likeness (QED) is 0.809. The molecule has 7 heteroatoms. The highest BCUT2D eigenvalue weighted by Crippen LogP contribution is 2.27. The average Bonchev–Trinajstić information content (AvgIpc) is 2.74. The zero-order valence-electron chi connectivity index (χ0n) is 16.8. The number of rotatable bonds is 4. The molecule has 0 saturated carbocycles. The molecule has 0 spiro atoms. The molecular formula is C21H28N6O. The van der Waals surface area contributed by atoms with E-state index < -0.39 is 0 Å². The van der Waals surface area contributed by atoms with E-state index in [9.17, 15) is 4.79 Å². The van der Waals surface area contributed by atoms with Crippen LogP contribution in [0, 0.1) is 0 Å². The molecule has 1 fully saturated rings. The molecule has 4 heterocycles. The number of aryl methyl sites for hydroxylation is 1. The summed E-state index contributed by atoms with van der Waals surface area (Å²) in [5, 5.41) is 0. The molecule has 0 bridgehead atoms. The number of nitrogens with zero attached hydrogens (tertiary/aromatic N) is 6. The molecule has 0 radical (unpaired) electrons. The van der Waals surface area contributed by atoms with Gasteiger partial charge in [-0.1, -0.05) is 6.92 Å². The van der Waals surface area contributed by atoms with Crippen molar-refractivity contribution < 1.29 is 4.79 Å². The molecule has 7 nitrogen and oxygen atoms in total. The van der Waals surface area contributed by atoms with Crippen LogP contribution in [0.5, 0.6) is 0 Å². The second-order valence-corrected chi connectivity index (χ2v) is 7.80. The van der Waals surface area contributed by atoms with Gasteiger partial charge in [-0.2, -0.15) is 0 Å². The summed E-state index contributed by atoms with van der Waals surface area (Å²) in [6.45, 7) is 8.08. The predicted octanol–water partition coefficient (Wildman–Crippen LogP) is 2.11. The van der Waals surface area contributed by atoms with Gasteiger partial charge in [0, 0.05) is 75.0 Å². The number of carbonyl (C=O) groups excluding carboxylic acids is 1. The van der Waals surface area contributed by atoms with Crippen LogP contribution >= 0.6 is 0 Å². The predicted molar refractivity (Wildman–Crippen MR) is 105 cm³/mol. The van der Waals surface area contributed by atoms with E-state index in [1.54, 1.807) is 6.92 Å². The van der Waals surface area contributed by atoms with Crippen LogP contribution in [0.15, 0.2) is 18.6 Å². The van der Waals surface area contributed by atoms with Crippen molar-refractivity contribution in [3.8, 4) is 0 Å². The third-order valence-electron chi connectivity index (χ3n) is 5.83. The van der Waals surface area contributed by atoms with Crippen molar-refractivity contribution in [1.29, 1.82) is 0 Å². The summed E-state index contributed by atoms with van der Waals surface area (Å²) >= 11 is 0. The second kappa shape index (κ2) is 8.31. The van der Waals surface area contributed by atoms with Gasteiger partial charge in [0.1, 0.15) is 11.6 Å². The third kappa shape index (κ3) is 4.19. The number of fused-ring (bicyclic) bond motifs is 1. The Labute approximate surface area is 166 Å². The molecule has 2 aliphatic rings. The molecule has 0 N–H and O–H groups in total. The van der Waals surface area contributed by atoms with Crippen LogP contribution < -0.4 is 0 Å². The zero-order chi connectivity index (χ0) is 19.5. The number of likely N-dealkylation sites (tertiary alicyclic amines) is 1. The molecule has 2 aliphatic heterocycles. The Morgan fingerprint density at radius 1 is 1.11 bits per heavy atom. The minimum Gasteiger partial charge on any atom is -0.338 e. The Morgan fingerprint density at radius 3 is 2.54 bits per heavy atom. The maximum Gasteiger partial charge on any atom is 0.219 e. The van der Waals surface area contributed by atoms with Gasteiger partial charge in [0.25, 0.3) is 0 Å². The Hall–Kier alpha value is -2.41. The molecule has 2 aromatic rings. The number of amides is 1. The van der Waals surface area contributed by atoms with Crippen molar-refractivity contribution in [2.45, 2.75) is 58.5 Å². The molecular weight excluding hydrogens is 352 g/mol. The number of carbonyl (C=O) groups is 1. The number of piperidine rings is 1. The largest absolute Gasteiger partial charge is 0.338 e. The van der Waals surface area contributed by atoms with Crippen LogP contribution in [0.1, 0.15) is 61.1 Å². The summed E-state index contributed by atoms with van der Waals surface area (Å²) in [5.41, 5.74) is 3.40. The fourth-order valence-corrected chi connectivity index (χ4v) is 4.05. The topological polar surface area (TPSA) is 75.1 Å². The monoisotopic (exact) mass is 380 g/mol. The van der Waals surface area contributed by atoms with E-state index >= 15 is 0 Å². The summed E-state index contributed by atoms with van der Waals surface area (Å²) in [6, 6.07) is 0. The molecule has 28 heavy (non-hydrogen) atoms. The van der Waals surface area contributed by atoms with Crippen molar-refractivity contribution in [2.75, 3.05) is 19.6 Å². The first-order valence-electron chi connectivity index (χ1n) is 10.2. The molecule has 0 unspecified atom stereocenters. The van der Waals surface area contributed by atoms with Crippen molar-refractivity contribution in [3.63, 3.8) is 0 Å². The highest BCUT2D eigenvalue weighted by atomic mass is 16.2. The number of aromatic nitrogens is 4. The van der Waals surface area contributed by atoms with Crippen LogP contribution in [0.4, 0.5) is 0 Å². The van der Waals surface area contributed by atoms with Crippen molar-refractivity contribution in [3.05, 3.63) is 47.1 Å². The lowest BCUT2D eigenvalue weighted by Crippen LogP contribution is -2.36. The minimum atomic E-state index is 0.122. The smallest absolute Gasteiger partial charge is 0.219 e. The summed E-state index contributed by atoms with van der Waals surface area (Å²) in [5.74, 6) is 2.42. The van der Waals surface area contributed by atoms with E-state index in [-0.39, 0.29) is 5.91 Å². The highest BCUT2D eigenvalue weighted by Gasteiger charge is 2.25. The first kappa shape index (κ1) is 18.9. The molecule has 0 aromatic carbocycles. The summed E-state index contributed by atoms with van der Waals surface area (Å²) in [6.07, 6.45) is 9.70. The van der Waals surface area contributed by atoms with Gasteiger partial charge < -0.3 is 4.90 Å². The minimum absolute atomic E-state index is 0.122. The lowest BCUT2D eigenvalue weighted by atomic mass is 9.95. The Morgan fingerprint density at radius 2 is 1.86 bits per heavy atom. The summed E-state index contributed by atoms with van der Waals surface area (Å²) < 4.78 is 0. The molecule has 0 atom stereocenters. The molecule has 1 amide bonds. The van der Waals surface area contributed by atoms with E-state index in [4.69, 9.17) is 4.98 Å². The van der Waals surface area contributed by atoms with Crippen LogP contribution in [0.25, 0.3) is 0 Å². The van der Waals surface area contributed by atoms with Crippen molar-refractivity contribution in [2.24, 2.45) is 0 Å². The Kier molecular flexibility index (Phi) is 5.62. The molecule has 2 aromatic heterocycles. The Balaban J connectivity index is 1.34. The van der Waals surface area contributed by atoms with Crippen LogP contribution in [0.3, 0.4) is 0 Å². The second-order valence-electron chi connectivity index (χ2n) is 7.80. The molecule has 4 rings (SSSR count). The lowest BCUT2D eigenvalue weighted by molar-refractivity contribution is -0.129. The number of hydrogen-bond acceptors (Lipinski definition) is 6. The Bertz CT molecular complexity index is 829. The van der Waals surface area contributed by atoms with Crippen molar-refractivity contribution >= 4 is 5.91 Å². The van der Waals surface area contributed by atoms with Gasteiger partial charge >= 0.3 is 0 Å². The average molecular weight is 380 g/mol. The first-order valence-corrected chi connectivity index (χ1v) is 10.2. The maximum atomic E-state index is 11.6. The summed E-state index contributed by atoms with van der Waals surface area (Å²) in [7, 11) is 0. The van der Waals surface area contributed by atoms with Crippen LogP contribution in [-0.2, 0) is 30.7 Å². The standard InChI is InChI=1S/C21H28N6O/c1-3-20-22-10-16(11-23-20)13-26-7-4-17(5-8-26)21-24-12-18-14-27(15(2)28)9-6-19(18)25-21/h10-12,17H,3-9,13-14H2,1-2H3. The van der Waals surface area contributed by atoms with Gasteiger partial charge in [-0.3, -0.25) is 9.69 Å². The van der Waals surface area contributed by atoms with Crippen LogP contribution in [0.2, 0.25) is 0 Å². The van der Waals surface area contributed by atoms with E-state index in [1.807, 2.05) is 23.5 Å². The fourth-order valence-electron chi connectivity index (χ4n) is 4.05. The van der Waals surface area contributed by atoms with Gasteiger partial charge in [0.2, 0.25) is 5.91 Å². The molecule has 148 valence electrons. The highest BCUT2D eigenvalue weighted by molar-refractivity contribution is 5.73. The summed E-state index contributed by atoms with van der Waals surface area (Å²) in [4.78, 5) is 34.2. The lowest BCUT2D eigenvalue weighted by Gasteiger charge is -2.32. The molecule has 0 aliphatic carbocycles. The van der Waals surface area contributed by atoms with E-state index in [0.717, 1.165) is 74.8 Å². The third-order valence-corrected chi connectivity index (χ3v) is 5.83. The van der Waals surface area contributed by atoms with Gasteiger partial charge in [-0.05, 0) is 25.9 Å². The van der Waals surface area contributed by atoms with E-state index in [1.165, 1.54) is 5.56 Å². The first-order chi connectivity index (χ1) is 13.6. The number of hydrogen-bond donors (Lipinski definition) is 0. The van der Waals surface area contributed by atoms with Gasteiger partial charge in [-0.25, -0.2) is 19.9 Å². The van der Waals surface area contributed by atoms with Gasteiger partial charge in [-0.15, -0.1) is 0 Å².